The molecule has 2 aliphatic rings. The van der Waals surface area contributed by atoms with Crippen LogP contribution in [-0.4, -0.2) is 30.1 Å². The number of epoxide rings is 1. The molecule has 0 saturated carbocycles. The average molecular weight is 141 g/mol. The van der Waals surface area contributed by atoms with Crippen LogP contribution in [0.25, 0.3) is 0 Å². The normalized spacial score (nSPS) is 45.4. The van der Waals surface area contributed by atoms with E-state index in [0.717, 1.165) is 6.54 Å². The molecule has 0 aromatic carbocycles. The number of hydrogen-bond donors (Lipinski definition) is 2. The molecule has 1 fully saturated rings. The molecule has 2 heterocycles. The van der Waals surface area contributed by atoms with Crippen molar-refractivity contribution in [2.45, 2.75) is 25.4 Å². The van der Waals surface area contributed by atoms with Crippen molar-refractivity contribution in [3.63, 3.8) is 0 Å². The van der Waals surface area contributed by atoms with Crippen molar-refractivity contribution in [3.05, 3.63) is 11.6 Å². The molecule has 10 heavy (non-hydrogen) atoms. The highest BCUT2D eigenvalue weighted by atomic mass is 16.7. The quantitative estimate of drug-likeness (QED) is 0.386. The summed E-state index contributed by atoms with van der Waals surface area (Å²) in [6, 6.07) is 0.245. The van der Waals surface area contributed by atoms with E-state index in [0.29, 0.717) is 0 Å². The molecule has 0 amide bonds. The molecular formula is C7H11NO2. The Kier molecular flexibility index (Phi) is 1.30. The van der Waals surface area contributed by atoms with Crippen molar-refractivity contribution in [2.75, 3.05) is 6.54 Å². The van der Waals surface area contributed by atoms with E-state index in [9.17, 15) is 0 Å². The lowest BCUT2D eigenvalue weighted by molar-refractivity contribution is 0.156. The second-order valence-electron chi connectivity index (χ2n) is 2.91. The van der Waals surface area contributed by atoms with Crippen molar-refractivity contribution in [1.82, 2.24) is 5.32 Å². The molecule has 2 aliphatic heterocycles. The molecule has 0 aromatic rings. The summed E-state index contributed by atoms with van der Waals surface area (Å²) < 4.78 is 4.90. The van der Waals surface area contributed by atoms with Crippen LogP contribution in [-0.2, 0) is 4.74 Å². The fraction of sp³-hybridized carbons (Fsp3) is 0.714. The lowest BCUT2D eigenvalue weighted by atomic mass is 10.2. The number of ether oxygens (including phenoxy) is 1. The minimum Gasteiger partial charge on any atom is -0.366 e. The smallest absolute Gasteiger partial charge is 0.183 e. The molecule has 0 aromatic heterocycles. The Hall–Kier alpha value is -0.380. The van der Waals surface area contributed by atoms with Crippen molar-refractivity contribution in [2.24, 2.45) is 0 Å². The summed E-state index contributed by atoms with van der Waals surface area (Å²) in [5.74, 6) is 0. The maximum atomic E-state index is 8.88. The van der Waals surface area contributed by atoms with Gasteiger partial charge in [0.15, 0.2) is 6.29 Å². The number of nitrogens with one attached hydrogen (secondary N) is 1. The zero-order chi connectivity index (χ0) is 7.14. The minimum atomic E-state index is -0.528. The summed E-state index contributed by atoms with van der Waals surface area (Å²) >= 11 is 0. The van der Waals surface area contributed by atoms with E-state index < -0.39 is 6.29 Å². The molecule has 0 aliphatic carbocycles. The molecule has 0 bridgehead atoms. The van der Waals surface area contributed by atoms with E-state index in [2.05, 4.69) is 18.3 Å². The molecule has 2 N–H and O–H groups in total. The Labute approximate surface area is 59.7 Å². The first kappa shape index (κ1) is 6.34. The topological polar surface area (TPSA) is 44.8 Å². The Morgan fingerprint density at radius 3 is 2.90 bits per heavy atom. The van der Waals surface area contributed by atoms with Gasteiger partial charge in [0, 0.05) is 6.54 Å². The number of hydrogen-bond acceptors (Lipinski definition) is 3. The molecule has 0 spiro atoms. The van der Waals surface area contributed by atoms with Gasteiger partial charge in [-0.15, -0.1) is 0 Å². The van der Waals surface area contributed by atoms with Gasteiger partial charge in [0.05, 0.1) is 6.04 Å². The molecule has 2 unspecified atom stereocenters. The summed E-state index contributed by atoms with van der Waals surface area (Å²) in [4.78, 5) is 0. The standard InChI is InChI=1S/C7H11NO2/c1-4-2-5(8-3-4)6-7(9)10-6/h2,5-9H,3H2,1H3/t5-,6?,7?/m1/s1. The van der Waals surface area contributed by atoms with Crippen molar-refractivity contribution >= 4 is 0 Å². The van der Waals surface area contributed by atoms with Gasteiger partial charge in [-0.2, -0.15) is 0 Å². The second-order valence-corrected chi connectivity index (χ2v) is 2.91. The van der Waals surface area contributed by atoms with Crippen molar-refractivity contribution in [1.29, 1.82) is 0 Å². The lowest BCUT2D eigenvalue weighted by Gasteiger charge is -2.01. The molecule has 3 heteroatoms. The van der Waals surface area contributed by atoms with Gasteiger partial charge in [-0.3, -0.25) is 0 Å². The highest BCUT2D eigenvalue weighted by Crippen LogP contribution is 2.25. The van der Waals surface area contributed by atoms with Crippen LogP contribution in [0.3, 0.4) is 0 Å². The number of rotatable bonds is 1. The molecule has 2 rings (SSSR count). The van der Waals surface area contributed by atoms with E-state index in [1.165, 1.54) is 5.57 Å². The van der Waals surface area contributed by atoms with Gasteiger partial charge in [0.2, 0.25) is 0 Å². The first-order valence-corrected chi connectivity index (χ1v) is 3.51. The zero-order valence-corrected chi connectivity index (χ0v) is 5.87. The zero-order valence-electron chi connectivity index (χ0n) is 5.87. The first-order valence-electron chi connectivity index (χ1n) is 3.51. The van der Waals surface area contributed by atoms with E-state index in [4.69, 9.17) is 9.84 Å². The van der Waals surface area contributed by atoms with Crippen LogP contribution in [0.4, 0.5) is 0 Å². The third kappa shape index (κ3) is 0.963. The maximum Gasteiger partial charge on any atom is 0.183 e. The van der Waals surface area contributed by atoms with E-state index >= 15 is 0 Å². The highest BCUT2D eigenvalue weighted by molar-refractivity contribution is 5.17. The monoisotopic (exact) mass is 141 g/mol. The van der Waals surface area contributed by atoms with Gasteiger partial charge in [-0.05, 0) is 6.92 Å². The fourth-order valence-electron chi connectivity index (χ4n) is 1.29. The van der Waals surface area contributed by atoms with Crippen molar-refractivity contribution < 1.29 is 9.84 Å². The van der Waals surface area contributed by atoms with Crippen LogP contribution >= 0.6 is 0 Å². The molecule has 1 saturated heterocycles. The predicted molar refractivity (Wildman–Crippen MR) is 36.4 cm³/mol. The van der Waals surface area contributed by atoms with Crippen LogP contribution in [0, 0.1) is 0 Å². The first-order chi connectivity index (χ1) is 4.77. The van der Waals surface area contributed by atoms with Crippen LogP contribution in [0.15, 0.2) is 11.6 Å². The molecule has 3 nitrogen and oxygen atoms in total. The Bertz CT molecular complexity index is 178. The third-order valence-corrected chi connectivity index (χ3v) is 1.94. The fourth-order valence-corrected chi connectivity index (χ4v) is 1.29. The average Bonchev–Trinajstić information content (AvgIpc) is 2.42. The summed E-state index contributed by atoms with van der Waals surface area (Å²) in [7, 11) is 0. The van der Waals surface area contributed by atoms with Gasteiger partial charge >= 0.3 is 0 Å². The summed E-state index contributed by atoms with van der Waals surface area (Å²) in [5.41, 5.74) is 1.33. The lowest BCUT2D eigenvalue weighted by Crippen LogP contribution is -2.28. The van der Waals surface area contributed by atoms with Gasteiger partial charge in [-0.25, -0.2) is 0 Å². The SMILES string of the molecule is CC1=C[C@H](C2OC2O)NC1. The van der Waals surface area contributed by atoms with Crippen molar-refractivity contribution in [3.8, 4) is 0 Å². The van der Waals surface area contributed by atoms with Gasteiger partial charge in [0.1, 0.15) is 6.10 Å². The Balaban J connectivity index is 1.96. The summed E-state index contributed by atoms with van der Waals surface area (Å²) in [5, 5.41) is 12.1. The number of aliphatic hydroxyl groups excluding tert-OH is 1. The Morgan fingerprint density at radius 2 is 2.50 bits per heavy atom. The largest absolute Gasteiger partial charge is 0.366 e. The summed E-state index contributed by atoms with van der Waals surface area (Å²) in [6.07, 6.45) is 1.60. The number of aliphatic hydroxyl groups is 1. The van der Waals surface area contributed by atoms with Crippen LogP contribution in [0.2, 0.25) is 0 Å². The maximum absolute atomic E-state index is 8.88. The second kappa shape index (κ2) is 2.05. The predicted octanol–water partition coefficient (Wildman–Crippen LogP) is -0.378. The van der Waals surface area contributed by atoms with E-state index in [1.54, 1.807) is 0 Å². The van der Waals surface area contributed by atoms with Gasteiger partial charge in [-0.1, -0.05) is 11.6 Å². The molecule has 56 valence electrons. The van der Waals surface area contributed by atoms with Crippen LogP contribution < -0.4 is 5.32 Å². The molecule has 3 atom stereocenters. The highest BCUT2D eigenvalue weighted by Gasteiger charge is 2.43. The molecular weight excluding hydrogens is 130 g/mol. The van der Waals surface area contributed by atoms with E-state index in [1.807, 2.05) is 0 Å². The Morgan fingerprint density at radius 1 is 1.80 bits per heavy atom. The molecule has 0 radical (unpaired) electrons. The van der Waals surface area contributed by atoms with E-state index in [-0.39, 0.29) is 12.1 Å². The minimum absolute atomic E-state index is 0.0115. The van der Waals surface area contributed by atoms with Crippen LogP contribution in [0.1, 0.15) is 6.92 Å². The third-order valence-electron chi connectivity index (χ3n) is 1.94. The van der Waals surface area contributed by atoms with Gasteiger partial charge < -0.3 is 15.2 Å². The summed E-state index contributed by atoms with van der Waals surface area (Å²) in [6.45, 7) is 3.00. The van der Waals surface area contributed by atoms with Crippen LogP contribution in [0.5, 0.6) is 0 Å². The van der Waals surface area contributed by atoms with Gasteiger partial charge in [0.25, 0.3) is 0 Å².